The van der Waals surface area contributed by atoms with Gasteiger partial charge in [0.25, 0.3) is 0 Å². The first kappa shape index (κ1) is 21.3. The molecular weight excluding hydrogens is 356 g/mol. The fourth-order valence-corrected chi connectivity index (χ4v) is 2.50. The van der Waals surface area contributed by atoms with Crippen LogP contribution in [0, 0.1) is 0 Å². The highest BCUT2D eigenvalue weighted by atomic mass is 16.6. The maximum Gasteiger partial charge on any atom is 0.407 e. The van der Waals surface area contributed by atoms with E-state index in [1.54, 1.807) is 12.4 Å². The van der Waals surface area contributed by atoms with Crippen LogP contribution in [0.4, 0.5) is 4.79 Å². The molecular formula is C21H28N4O3. The fraction of sp³-hybridized carbons (Fsp3) is 0.429. The largest absolute Gasteiger partial charge is 0.444 e. The lowest BCUT2D eigenvalue weighted by Crippen LogP contribution is -2.33. The number of aromatic nitrogens is 1. The molecule has 0 saturated heterocycles. The van der Waals surface area contributed by atoms with Gasteiger partial charge >= 0.3 is 6.09 Å². The summed E-state index contributed by atoms with van der Waals surface area (Å²) in [6.45, 7) is 6.01. The van der Waals surface area contributed by atoms with Crippen LogP contribution >= 0.6 is 0 Å². The quantitative estimate of drug-likeness (QED) is 0.412. The van der Waals surface area contributed by atoms with E-state index in [-0.39, 0.29) is 5.91 Å². The van der Waals surface area contributed by atoms with Gasteiger partial charge in [-0.05, 0) is 57.4 Å². The number of nitrogens with zero attached hydrogens (tertiary/aromatic N) is 2. The standard InChI is InChI=1S/C21H28N4O3/c1-21(2,3)28-20(27)23-12-6-4-5-9-19(26)25-24-15-16-10-11-18-17(14-16)8-7-13-22-18/h7-8,10-11,13-15H,4-6,9,12H2,1-3H3,(H,23,27)(H,25,26)/b24-15-. The monoisotopic (exact) mass is 384 g/mol. The first-order chi connectivity index (χ1) is 13.3. The minimum absolute atomic E-state index is 0.126. The summed E-state index contributed by atoms with van der Waals surface area (Å²) < 4.78 is 5.15. The molecule has 2 N–H and O–H groups in total. The number of alkyl carbamates (subject to hydrolysis) is 1. The average molecular weight is 384 g/mol. The third-order valence-electron chi connectivity index (χ3n) is 3.78. The number of benzene rings is 1. The molecule has 150 valence electrons. The molecule has 1 aromatic heterocycles. The first-order valence-electron chi connectivity index (χ1n) is 9.47. The van der Waals surface area contributed by atoms with Crippen molar-refractivity contribution in [3.63, 3.8) is 0 Å². The molecule has 0 bridgehead atoms. The number of ether oxygens (including phenoxy) is 1. The molecule has 0 radical (unpaired) electrons. The molecule has 28 heavy (non-hydrogen) atoms. The lowest BCUT2D eigenvalue weighted by atomic mass is 10.1. The molecule has 2 aromatic rings. The van der Waals surface area contributed by atoms with Crippen molar-refractivity contribution in [1.29, 1.82) is 0 Å². The third-order valence-corrected chi connectivity index (χ3v) is 3.78. The minimum Gasteiger partial charge on any atom is -0.444 e. The summed E-state index contributed by atoms with van der Waals surface area (Å²) in [6, 6.07) is 9.66. The third kappa shape index (κ3) is 8.16. The number of hydrazone groups is 1. The van der Waals surface area contributed by atoms with Crippen LogP contribution in [-0.4, -0.2) is 35.3 Å². The molecule has 0 aliphatic rings. The van der Waals surface area contributed by atoms with E-state index in [2.05, 4.69) is 20.8 Å². The van der Waals surface area contributed by atoms with Crippen molar-refractivity contribution in [2.75, 3.05) is 6.54 Å². The number of amides is 2. The van der Waals surface area contributed by atoms with Crippen molar-refractivity contribution in [2.24, 2.45) is 5.10 Å². The molecule has 2 amide bonds. The van der Waals surface area contributed by atoms with Gasteiger partial charge in [-0.1, -0.05) is 18.6 Å². The smallest absolute Gasteiger partial charge is 0.407 e. The van der Waals surface area contributed by atoms with Gasteiger partial charge in [0.05, 0.1) is 11.7 Å². The molecule has 7 nitrogen and oxygen atoms in total. The maximum absolute atomic E-state index is 11.8. The van der Waals surface area contributed by atoms with Crippen molar-refractivity contribution in [2.45, 2.75) is 52.1 Å². The highest BCUT2D eigenvalue weighted by molar-refractivity contribution is 5.89. The number of fused-ring (bicyclic) bond motifs is 1. The van der Waals surface area contributed by atoms with E-state index in [0.717, 1.165) is 35.7 Å². The molecule has 0 aliphatic heterocycles. The summed E-state index contributed by atoms with van der Waals surface area (Å²) in [5.41, 5.74) is 3.86. The highest BCUT2D eigenvalue weighted by Crippen LogP contribution is 2.12. The Bertz CT molecular complexity index is 828. The predicted molar refractivity (Wildman–Crippen MR) is 110 cm³/mol. The summed E-state index contributed by atoms with van der Waals surface area (Å²) >= 11 is 0. The van der Waals surface area contributed by atoms with Gasteiger partial charge in [0, 0.05) is 24.5 Å². The van der Waals surface area contributed by atoms with Crippen molar-refractivity contribution < 1.29 is 14.3 Å². The van der Waals surface area contributed by atoms with Crippen LogP contribution in [0.2, 0.25) is 0 Å². The average Bonchev–Trinajstić information content (AvgIpc) is 2.63. The Hall–Kier alpha value is -2.96. The van der Waals surface area contributed by atoms with Gasteiger partial charge < -0.3 is 10.1 Å². The van der Waals surface area contributed by atoms with Gasteiger partial charge in [0.15, 0.2) is 0 Å². The first-order valence-corrected chi connectivity index (χ1v) is 9.47. The Balaban J connectivity index is 1.59. The second-order valence-corrected chi connectivity index (χ2v) is 7.49. The van der Waals surface area contributed by atoms with Crippen molar-refractivity contribution >= 4 is 29.1 Å². The Morgan fingerprint density at radius 3 is 2.79 bits per heavy atom. The van der Waals surface area contributed by atoms with Crippen LogP contribution in [0.5, 0.6) is 0 Å². The van der Waals surface area contributed by atoms with Crippen LogP contribution in [0.3, 0.4) is 0 Å². The van der Waals surface area contributed by atoms with Gasteiger partial charge in [-0.15, -0.1) is 0 Å². The molecule has 1 heterocycles. The molecule has 0 aliphatic carbocycles. The van der Waals surface area contributed by atoms with E-state index in [9.17, 15) is 9.59 Å². The normalized spacial score (nSPS) is 11.5. The molecule has 0 fully saturated rings. The Kier molecular flexibility index (Phi) is 7.92. The number of carbonyl (C=O) groups is 2. The molecule has 2 rings (SSSR count). The van der Waals surface area contributed by atoms with Gasteiger partial charge in [-0.25, -0.2) is 10.2 Å². The molecule has 0 saturated carbocycles. The molecule has 7 heteroatoms. The summed E-state index contributed by atoms with van der Waals surface area (Å²) in [6.07, 6.45) is 5.72. The Labute approximate surface area is 165 Å². The van der Waals surface area contributed by atoms with Crippen molar-refractivity contribution in [3.8, 4) is 0 Å². The number of carbonyl (C=O) groups excluding carboxylic acids is 2. The summed E-state index contributed by atoms with van der Waals surface area (Å²) in [7, 11) is 0. The van der Waals surface area contributed by atoms with Crippen LogP contribution in [0.15, 0.2) is 41.6 Å². The lowest BCUT2D eigenvalue weighted by molar-refractivity contribution is -0.121. The second kappa shape index (κ2) is 10.4. The van der Waals surface area contributed by atoms with E-state index in [4.69, 9.17) is 4.74 Å². The maximum atomic E-state index is 11.8. The number of rotatable bonds is 8. The summed E-state index contributed by atoms with van der Waals surface area (Å²) in [5.74, 6) is -0.126. The van der Waals surface area contributed by atoms with Crippen molar-refractivity contribution in [1.82, 2.24) is 15.7 Å². The number of hydrogen-bond acceptors (Lipinski definition) is 5. The lowest BCUT2D eigenvalue weighted by Gasteiger charge is -2.19. The predicted octanol–water partition coefficient (Wildman–Crippen LogP) is 3.77. The van der Waals surface area contributed by atoms with E-state index in [1.165, 1.54) is 0 Å². The van der Waals surface area contributed by atoms with Gasteiger partial charge in [-0.3, -0.25) is 9.78 Å². The van der Waals surface area contributed by atoms with Crippen molar-refractivity contribution in [3.05, 3.63) is 42.1 Å². The zero-order valence-electron chi connectivity index (χ0n) is 16.7. The van der Waals surface area contributed by atoms with E-state index in [0.29, 0.717) is 13.0 Å². The van der Waals surface area contributed by atoms with Crippen LogP contribution in [-0.2, 0) is 9.53 Å². The minimum atomic E-state index is -0.494. The van der Waals surface area contributed by atoms with Gasteiger partial charge in [0.1, 0.15) is 5.60 Å². The molecule has 1 aromatic carbocycles. The second-order valence-electron chi connectivity index (χ2n) is 7.49. The van der Waals surface area contributed by atoms with Gasteiger partial charge in [-0.2, -0.15) is 5.10 Å². The summed E-state index contributed by atoms with van der Waals surface area (Å²) in [5, 5.41) is 7.73. The summed E-state index contributed by atoms with van der Waals surface area (Å²) in [4.78, 5) is 27.6. The van der Waals surface area contributed by atoms with E-state index in [1.807, 2.05) is 51.1 Å². The highest BCUT2D eigenvalue weighted by Gasteiger charge is 2.15. The molecule has 0 spiro atoms. The topological polar surface area (TPSA) is 92.7 Å². The molecule has 0 unspecified atom stereocenters. The Morgan fingerprint density at radius 1 is 1.18 bits per heavy atom. The SMILES string of the molecule is CC(C)(C)OC(=O)NCCCCCC(=O)N/N=C\c1ccc2ncccc2c1. The van der Waals surface area contributed by atoms with E-state index < -0.39 is 11.7 Å². The van der Waals surface area contributed by atoms with Crippen LogP contribution in [0.1, 0.15) is 52.0 Å². The number of hydrogen-bond donors (Lipinski definition) is 2. The molecule has 0 atom stereocenters. The Morgan fingerprint density at radius 2 is 2.00 bits per heavy atom. The fourth-order valence-electron chi connectivity index (χ4n) is 2.50. The number of pyridine rings is 1. The van der Waals surface area contributed by atoms with Crippen LogP contribution < -0.4 is 10.7 Å². The van der Waals surface area contributed by atoms with Gasteiger partial charge in [0.2, 0.25) is 5.91 Å². The zero-order valence-corrected chi connectivity index (χ0v) is 16.7. The number of nitrogens with one attached hydrogen (secondary N) is 2. The number of unbranched alkanes of at least 4 members (excludes halogenated alkanes) is 2. The van der Waals surface area contributed by atoms with E-state index >= 15 is 0 Å². The zero-order chi connectivity index (χ0) is 20.4. The van der Waals surface area contributed by atoms with Crippen LogP contribution in [0.25, 0.3) is 10.9 Å².